The van der Waals surface area contributed by atoms with Gasteiger partial charge < -0.3 is 5.11 Å². The molecule has 1 fully saturated rings. The zero-order valence-electron chi connectivity index (χ0n) is 14.7. The molecule has 0 aromatic heterocycles. The van der Waals surface area contributed by atoms with Crippen molar-refractivity contribution in [3.05, 3.63) is 53.8 Å². The molecule has 1 aliphatic rings. The number of benzene rings is 2. The molecule has 2 aromatic rings. The summed E-state index contributed by atoms with van der Waals surface area (Å²) in [5.41, 5.74) is -1.10. The van der Waals surface area contributed by atoms with Crippen LogP contribution in [0.3, 0.4) is 0 Å². The van der Waals surface area contributed by atoms with Crippen molar-refractivity contribution in [1.82, 2.24) is 4.72 Å². The molecule has 0 atom stereocenters. The van der Waals surface area contributed by atoms with E-state index in [4.69, 9.17) is 0 Å². The monoisotopic (exact) mass is 399 g/mol. The first-order chi connectivity index (χ1) is 12.6. The fraction of sp³-hybridized carbons (Fsp3) is 0.368. The molecular formula is C19H20F3NO3S. The lowest BCUT2D eigenvalue weighted by Crippen LogP contribution is -2.42. The highest BCUT2D eigenvalue weighted by Crippen LogP contribution is 2.30. The summed E-state index contributed by atoms with van der Waals surface area (Å²) >= 11 is 0. The molecule has 0 bridgehead atoms. The highest BCUT2D eigenvalue weighted by molar-refractivity contribution is 7.89. The molecule has 0 spiro atoms. The van der Waals surface area contributed by atoms with Gasteiger partial charge in [-0.05, 0) is 62.9 Å². The van der Waals surface area contributed by atoms with Crippen molar-refractivity contribution >= 4 is 10.0 Å². The van der Waals surface area contributed by atoms with Gasteiger partial charge in [0.15, 0.2) is 0 Å². The SMILES string of the molecule is C[C@]1(O)CC[C@@H](NS(=O)(=O)c2ccc(-c3ccc(F)cc3F)c(F)c2)CC1. The molecule has 3 rings (SSSR count). The van der Waals surface area contributed by atoms with Crippen molar-refractivity contribution in [3.8, 4) is 11.1 Å². The van der Waals surface area contributed by atoms with Crippen LogP contribution in [0.25, 0.3) is 11.1 Å². The molecule has 4 nitrogen and oxygen atoms in total. The van der Waals surface area contributed by atoms with E-state index in [1.165, 1.54) is 6.07 Å². The van der Waals surface area contributed by atoms with Gasteiger partial charge in [-0.15, -0.1) is 0 Å². The predicted molar refractivity (Wildman–Crippen MR) is 95.0 cm³/mol. The molecular weight excluding hydrogens is 379 g/mol. The van der Waals surface area contributed by atoms with Crippen LogP contribution in [-0.2, 0) is 10.0 Å². The highest BCUT2D eigenvalue weighted by atomic mass is 32.2. The number of rotatable bonds is 4. The Bertz CT molecular complexity index is 951. The van der Waals surface area contributed by atoms with Crippen molar-refractivity contribution in [2.24, 2.45) is 0 Å². The van der Waals surface area contributed by atoms with E-state index < -0.39 is 33.1 Å². The third-order valence-corrected chi connectivity index (χ3v) is 6.37. The summed E-state index contributed by atoms with van der Waals surface area (Å²) in [6.07, 6.45) is 1.90. The van der Waals surface area contributed by atoms with Gasteiger partial charge in [-0.2, -0.15) is 0 Å². The van der Waals surface area contributed by atoms with E-state index in [2.05, 4.69) is 4.72 Å². The molecule has 146 valence electrons. The fourth-order valence-corrected chi connectivity index (χ4v) is 4.55. The van der Waals surface area contributed by atoms with Gasteiger partial charge in [0.2, 0.25) is 10.0 Å². The Hall–Kier alpha value is -1.90. The van der Waals surface area contributed by atoms with Crippen LogP contribution >= 0.6 is 0 Å². The first-order valence-electron chi connectivity index (χ1n) is 8.57. The average Bonchev–Trinajstić information content (AvgIpc) is 2.57. The normalized spacial score (nSPS) is 23.4. The molecule has 0 saturated heterocycles. The Kier molecular flexibility index (Phi) is 5.33. The van der Waals surface area contributed by atoms with Crippen molar-refractivity contribution in [1.29, 1.82) is 0 Å². The zero-order valence-corrected chi connectivity index (χ0v) is 15.5. The zero-order chi connectivity index (χ0) is 19.8. The summed E-state index contributed by atoms with van der Waals surface area (Å²) in [7, 11) is -3.96. The molecule has 2 N–H and O–H groups in total. The van der Waals surface area contributed by atoms with Gasteiger partial charge in [0.25, 0.3) is 0 Å². The Labute approximate surface area is 156 Å². The number of hydrogen-bond donors (Lipinski definition) is 2. The molecule has 2 aromatic carbocycles. The van der Waals surface area contributed by atoms with E-state index in [9.17, 15) is 26.7 Å². The van der Waals surface area contributed by atoms with Crippen LogP contribution in [0.2, 0.25) is 0 Å². The first kappa shape index (κ1) is 19.9. The minimum atomic E-state index is -3.96. The Morgan fingerprint density at radius 2 is 1.56 bits per heavy atom. The number of aliphatic hydroxyl groups is 1. The number of hydrogen-bond acceptors (Lipinski definition) is 3. The van der Waals surface area contributed by atoms with Gasteiger partial charge >= 0.3 is 0 Å². The van der Waals surface area contributed by atoms with Crippen LogP contribution < -0.4 is 4.72 Å². The smallest absolute Gasteiger partial charge is 0.240 e. The third-order valence-electron chi connectivity index (χ3n) is 4.86. The van der Waals surface area contributed by atoms with Crippen molar-refractivity contribution in [2.45, 2.75) is 49.1 Å². The Morgan fingerprint density at radius 1 is 1.00 bits per heavy atom. The summed E-state index contributed by atoms with van der Waals surface area (Å²) in [5.74, 6) is -2.64. The minimum Gasteiger partial charge on any atom is -0.390 e. The summed E-state index contributed by atoms with van der Waals surface area (Å²) in [4.78, 5) is -0.274. The maximum absolute atomic E-state index is 14.4. The van der Waals surface area contributed by atoms with E-state index in [-0.39, 0.29) is 22.1 Å². The number of sulfonamides is 1. The lowest BCUT2D eigenvalue weighted by molar-refractivity contribution is 0.0163. The maximum Gasteiger partial charge on any atom is 0.240 e. The molecule has 0 heterocycles. The van der Waals surface area contributed by atoms with Crippen LogP contribution in [0.5, 0.6) is 0 Å². The van der Waals surface area contributed by atoms with Crippen molar-refractivity contribution < 1.29 is 26.7 Å². The predicted octanol–water partition coefficient (Wildman–Crippen LogP) is 3.74. The van der Waals surface area contributed by atoms with E-state index in [0.29, 0.717) is 31.7 Å². The molecule has 0 amide bonds. The quantitative estimate of drug-likeness (QED) is 0.823. The molecule has 27 heavy (non-hydrogen) atoms. The lowest BCUT2D eigenvalue weighted by Gasteiger charge is -2.33. The van der Waals surface area contributed by atoms with E-state index >= 15 is 0 Å². The van der Waals surface area contributed by atoms with E-state index in [0.717, 1.165) is 24.3 Å². The van der Waals surface area contributed by atoms with Gasteiger partial charge in [0.1, 0.15) is 17.5 Å². The second-order valence-electron chi connectivity index (χ2n) is 7.16. The average molecular weight is 399 g/mol. The van der Waals surface area contributed by atoms with Crippen LogP contribution in [0, 0.1) is 17.5 Å². The van der Waals surface area contributed by atoms with Gasteiger partial charge in [0.05, 0.1) is 10.5 Å². The highest BCUT2D eigenvalue weighted by Gasteiger charge is 2.31. The molecule has 0 unspecified atom stereocenters. The molecule has 0 radical (unpaired) electrons. The topological polar surface area (TPSA) is 66.4 Å². The van der Waals surface area contributed by atoms with Crippen LogP contribution in [0.4, 0.5) is 13.2 Å². The molecule has 1 saturated carbocycles. The van der Waals surface area contributed by atoms with Crippen molar-refractivity contribution in [3.63, 3.8) is 0 Å². The minimum absolute atomic E-state index is 0.152. The number of nitrogens with one attached hydrogen (secondary N) is 1. The third kappa shape index (κ3) is 4.51. The summed E-state index contributed by atoms with van der Waals surface area (Å²) in [5, 5.41) is 9.94. The molecule has 8 heteroatoms. The number of halogens is 3. The van der Waals surface area contributed by atoms with Crippen LogP contribution in [0.1, 0.15) is 32.6 Å². The lowest BCUT2D eigenvalue weighted by atomic mass is 9.84. The summed E-state index contributed by atoms with van der Waals surface area (Å²) in [6.45, 7) is 1.71. The van der Waals surface area contributed by atoms with Crippen molar-refractivity contribution in [2.75, 3.05) is 0 Å². The second kappa shape index (κ2) is 7.26. The molecule has 1 aliphatic carbocycles. The summed E-state index contributed by atoms with van der Waals surface area (Å²) < 4.78 is 68.9. The van der Waals surface area contributed by atoms with Gasteiger partial charge in [0, 0.05) is 23.2 Å². The second-order valence-corrected chi connectivity index (χ2v) is 8.87. The van der Waals surface area contributed by atoms with Gasteiger partial charge in [-0.25, -0.2) is 26.3 Å². The van der Waals surface area contributed by atoms with Crippen LogP contribution in [-0.4, -0.2) is 25.2 Å². The first-order valence-corrected chi connectivity index (χ1v) is 10.1. The Morgan fingerprint density at radius 3 is 2.11 bits per heavy atom. The van der Waals surface area contributed by atoms with Crippen LogP contribution in [0.15, 0.2) is 41.3 Å². The Balaban J connectivity index is 1.82. The maximum atomic E-state index is 14.4. The fourth-order valence-electron chi connectivity index (χ4n) is 3.23. The molecule has 0 aliphatic heterocycles. The summed E-state index contributed by atoms with van der Waals surface area (Å²) in [6, 6.07) is 5.56. The van der Waals surface area contributed by atoms with Gasteiger partial charge in [-0.3, -0.25) is 0 Å². The largest absolute Gasteiger partial charge is 0.390 e. The standard InChI is InChI=1S/C19H20F3NO3S/c1-19(24)8-6-13(7-9-19)23-27(25,26)14-3-5-16(18(22)11-14)15-4-2-12(20)10-17(15)21/h2-5,10-11,13,23-24H,6-9H2,1H3/t13-,19+. The van der Waals surface area contributed by atoms with Gasteiger partial charge in [-0.1, -0.05) is 0 Å². The van der Waals surface area contributed by atoms with E-state index in [1.54, 1.807) is 6.92 Å². The van der Waals surface area contributed by atoms with E-state index in [1.807, 2.05) is 0 Å².